The molecular formula is C18H20FNO5S. The molecule has 0 bridgehead atoms. The van der Waals surface area contributed by atoms with E-state index in [2.05, 4.69) is 0 Å². The molecule has 6 nitrogen and oxygen atoms in total. The number of esters is 1. The summed E-state index contributed by atoms with van der Waals surface area (Å²) >= 11 is 0. The molecule has 0 saturated heterocycles. The number of ether oxygens (including phenoxy) is 1. The van der Waals surface area contributed by atoms with Gasteiger partial charge in [-0.25, -0.2) is 17.1 Å². The number of halogens is 1. The minimum absolute atomic E-state index is 0.162. The van der Waals surface area contributed by atoms with Crippen LogP contribution in [0, 0.1) is 5.82 Å². The Hall–Kier alpha value is -2.19. The largest absolute Gasteiger partial charge is 0.457 e. The van der Waals surface area contributed by atoms with E-state index in [0.29, 0.717) is 12.8 Å². The molecule has 1 aromatic heterocycles. The second kappa shape index (κ2) is 6.85. The summed E-state index contributed by atoms with van der Waals surface area (Å²) in [5.41, 5.74) is -0.0378. The van der Waals surface area contributed by atoms with Gasteiger partial charge in [0.05, 0.1) is 5.41 Å². The highest BCUT2D eigenvalue weighted by Gasteiger charge is 2.47. The van der Waals surface area contributed by atoms with E-state index in [1.807, 2.05) is 0 Å². The summed E-state index contributed by atoms with van der Waals surface area (Å²) in [6.45, 7) is -0.162. The number of furan rings is 1. The monoisotopic (exact) mass is 381 g/mol. The number of benzene rings is 1. The lowest BCUT2D eigenvalue weighted by Gasteiger charge is -2.39. The molecule has 3 rings (SSSR count). The van der Waals surface area contributed by atoms with Crippen molar-refractivity contribution in [2.24, 2.45) is 0 Å². The van der Waals surface area contributed by atoms with Crippen LogP contribution < -0.4 is 0 Å². The van der Waals surface area contributed by atoms with E-state index in [0.717, 1.165) is 16.3 Å². The van der Waals surface area contributed by atoms with Gasteiger partial charge in [-0.15, -0.1) is 0 Å². The molecule has 8 heteroatoms. The highest BCUT2D eigenvalue weighted by atomic mass is 32.2. The molecule has 1 saturated carbocycles. The first-order valence-electron chi connectivity index (χ1n) is 8.20. The Bertz CT molecular complexity index is 898. The van der Waals surface area contributed by atoms with E-state index >= 15 is 0 Å². The number of hydrogen-bond donors (Lipinski definition) is 0. The van der Waals surface area contributed by atoms with Crippen LogP contribution in [0.15, 0.2) is 45.9 Å². The zero-order chi connectivity index (χ0) is 18.9. The maximum absolute atomic E-state index is 13.1. The third-order valence-corrected chi connectivity index (χ3v) is 6.40. The van der Waals surface area contributed by atoms with Crippen molar-refractivity contribution in [2.75, 3.05) is 14.1 Å². The van der Waals surface area contributed by atoms with Crippen molar-refractivity contribution in [3.63, 3.8) is 0 Å². The van der Waals surface area contributed by atoms with Gasteiger partial charge < -0.3 is 9.15 Å². The number of sulfonamides is 1. The molecule has 2 aromatic rings. The summed E-state index contributed by atoms with van der Waals surface area (Å²) in [4.78, 5) is 12.6. The lowest BCUT2D eigenvalue weighted by Crippen LogP contribution is -2.43. The first kappa shape index (κ1) is 18.6. The molecule has 0 N–H and O–H groups in total. The Balaban J connectivity index is 1.71. The molecule has 0 spiro atoms. The van der Waals surface area contributed by atoms with Gasteiger partial charge in [-0.1, -0.05) is 18.6 Å². The molecule has 26 heavy (non-hydrogen) atoms. The zero-order valence-electron chi connectivity index (χ0n) is 14.6. The lowest BCUT2D eigenvalue weighted by atomic mass is 9.64. The Morgan fingerprint density at radius 1 is 1.19 bits per heavy atom. The highest BCUT2D eigenvalue weighted by molar-refractivity contribution is 7.88. The molecule has 1 heterocycles. The number of nitrogens with zero attached hydrogens (tertiary/aromatic N) is 1. The van der Waals surface area contributed by atoms with Crippen molar-refractivity contribution in [1.29, 1.82) is 0 Å². The Labute approximate surface area is 151 Å². The molecule has 1 fully saturated rings. The van der Waals surface area contributed by atoms with Gasteiger partial charge in [0.15, 0.2) is 0 Å². The topological polar surface area (TPSA) is 76.8 Å². The van der Waals surface area contributed by atoms with Crippen LogP contribution in [0.4, 0.5) is 4.39 Å². The highest BCUT2D eigenvalue weighted by Crippen LogP contribution is 2.45. The van der Waals surface area contributed by atoms with Crippen molar-refractivity contribution in [3.8, 4) is 0 Å². The second-order valence-corrected chi connectivity index (χ2v) is 8.61. The summed E-state index contributed by atoms with van der Waals surface area (Å²) in [5, 5.41) is -0.203. The van der Waals surface area contributed by atoms with Crippen molar-refractivity contribution >= 4 is 16.0 Å². The quantitative estimate of drug-likeness (QED) is 0.719. The molecule has 1 aromatic carbocycles. The third-order valence-electron chi connectivity index (χ3n) is 4.71. The smallest absolute Gasteiger partial charge is 0.317 e. The SMILES string of the molecule is CN(C)S(=O)(=O)c1ccc(COC(=O)C2(c3ccc(F)cc3)CCC2)o1. The van der Waals surface area contributed by atoms with Crippen LogP contribution in [0.5, 0.6) is 0 Å². The van der Waals surface area contributed by atoms with Crippen LogP contribution in [-0.2, 0) is 31.6 Å². The Morgan fingerprint density at radius 3 is 2.38 bits per heavy atom. The number of rotatable bonds is 6. The van der Waals surface area contributed by atoms with E-state index in [1.165, 1.54) is 38.4 Å². The van der Waals surface area contributed by atoms with E-state index in [9.17, 15) is 17.6 Å². The fraction of sp³-hybridized carbons (Fsp3) is 0.389. The van der Waals surface area contributed by atoms with Crippen molar-refractivity contribution in [2.45, 2.75) is 36.4 Å². The van der Waals surface area contributed by atoms with Gasteiger partial charge in [0, 0.05) is 14.1 Å². The number of hydrogen-bond acceptors (Lipinski definition) is 5. The average molecular weight is 381 g/mol. The van der Waals surface area contributed by atoms with Crippen molar-refractivity contribution in [3.05, 3.63) is 53.5 Å². The summed E-state index contributed by atoms with van der Waals surface area (Å²) in [5.74, 6) is -0.530. The lowest BCUT2D eigenvalue weighted by molar-refractivity contribution is -0.156. The van der Waals surface area contributed by atoms with Gasteiger partial charge in [-0.3, -0.25) is 4.79 Å². The predicted molar refractivity (Wildman–Crippen MR) is 91.3 cm³/mol. The van der Waals surface area contributed by atoms with Crippen LogP contribution in [0.2, 0.25) is 0 Å². The molecular weight excluding hydrogens is 361 g/mol. The molecule has 1 aliphatic rings. The standard InChI is InChI=1S/C18H20FNO5S/c1-20(2)26(22,23)16-9-8-15(25-16)12-24-17(21)18(10-3-11-18)13-4-6-14(19)7-5-13/h4-9H,3,10-12H2,1-2H3. The molecule has 0 amide bonds. The van der Waals surface area contributed by atoms with E-state index in [-0.39, 0.29) is 23.3 Å². The van der Waals surface area contributed by atoms with Crippen molar-refractivity contribution < 1.29 is 26.8 Å². The molecule has 0 radical (unpaired) electrons. The van der Waals surface area contributed by atoms with Gasteiger partial charge in [0.1, 0.15) is 18.2 Å². The van der Waals surface area contributed by atoms with E-state index in [4.69, 9.17) is 9.15 Å². The first-order chi connectivity index (χ1) is 12.3. The Kier molecular flexibility index (Phi) is 4.90. The van der Waals surface area contributed by atoms with E-state index < -0.39 is 21.4 Å². The molecule has 140 valence electrons. The minimum Gasteiger partial charge on any atom is -0.457 e. The number of carbonyl (C=O) groups is 1. The average Bonchev–Trinajstić information content (AvgIpc) is 3.03. The normalized spacial score (nSPS) is 16.3. The molecule has 0 atom stereocenters. The first-order valence-corrected chi connectivity index (χ1v) is 9.64. The maximum Gasteiger partial charge on any atom is 0.317 e. The fourth-order valence-electron chi connectivity index (χ4n) is 2.94. The molecule has 0 aliphatic heterocycles. The van der Waals surface area contributed by atoms with Gasteiger partial charge in [-0.2, -0.15) is 0 Å². The number of carbonyl (C=O) groups excluding carboxylic acids is 1. The predicted octanol–water partition coefficient (Wildman–Crippen LogP) is 2.83. The summed E-state index contributed by atoms with van der Waals surface area (Å²) < 4.78 is 48.9. The van der Waals surface area contributed by atoms with Crippen LogP contribution in [0.1, 0.15) is 30.6 Å². The van der Waals surface area contributed by atoms with Crippen LogP contribution in [0.3, 0.4) is 0 Å². The minimum atomic E-state index is -3.67. The van der Waals surface area contributed by atoms with Crippen molar-refractivity contribution in [1.82, 2.24) is 4.31 Å². The summed E-state index contributed by atoms with van der Waals surface area (Å²) in [6.07, 6.45) is 2.16. The fourth-order valence-corrected chi connectivity index (χ4v) is 3.75. The molecule has 0 unspecified atom stereocenters. The van der Waals surface area contributed by atoms with Gasteiger partial charge in [0.2, 0.25) is 5.09 Å². The van der Waals surface area contributed by atoms with Gasteiger partial charge in [-0.05, 0) is 42.7 Å². The summed E-state index contributed by atoms with van der Waals surface area (Å²) in [6, 6.07) is 8.66. The van der Waals surface area contributed by atoms with Crippen LogP contribution in [-0.4, -0.2) is 32.8 Å². The van der Waals surface area contributed by atoms with Crippen LogP contribution >= 0.6 is 0 Å². The summed E-state index contributed by atoms with van der Waals surface area (Å²) in [7, 11) is -0.866. The zero-order valence-corrected chi connectivity index (χ0v) is 15.4. The van der Waals surface area contributed by atoms with Gasteiger partial charge >= 0.3 is 5.97 Å². The molecule has 1 aliphatic carbocycles. The van der Waals surface area contributed by atoms with E-state index in [1.54, 1.807) is 12.1 Å². The third kappa shape index (κ3) is 3.26. The second-order valence-electron chi connectivity index (χ2n) is 6.53. The van der Waals surface area contributed by atoms with Crippen LogP contribution in [0.25, 0.3) is 0 Å². The Morgan fingerprint density at radius 2 is 1.85 bits per heavy atom. The maximum atomic E-state index is 13.1. The van der Waals surface area contributed by atoms with Gasteiger partial charge in [0.25, 0.3) is 10.0 Å².